The Morgan fingerprint density at radius 3 is 2.29 bits per heavy atom. The number of hydrogen-bond donors (Lipinski definition) is 2. The molecule has 1 aromatic carbocycles. The molecule has 0 fully saturated rings. The monoisotopic (exact) mass is 325 g/mol. The van der Waals surface area contributed by atoms with Gasteiger partial charge in [0.1, 0.15) is 5.69 Å². The van der Waals surface area contributed by atoms with Crippen molar-refractivity contribution >= 4 is 17.3 Å². The summed E-state index contributed by atoms with van der Waals surface area (Å²) < 4.78 is 0. The van der Waals surface area contributed by atoms with Gasteiger partial charge in [0.05, 0.1) is 0 Å². The number of nitrogens with one attached hydrogen (secondary N) is 2. The summed E-state index contributed by atoms with van der Waals surface area (Å²) in [5, 5.41) is 6.35. The highest BCUT2D eigenvalue weighted by molar-refractivity contribution is 5.93. The van der Waals surface area contributed by atoms with Crippen LogP contribution < -0.4 is 10.6 Å². The maximum Gasteiger partial charge on any atom is 0.270 e. The smallest absolute Gasteiger partial charge is 0.270 e. The number of para-hydroxylation sites is 1. The molecule has 2 rings (SSSR count). The lowest BCUT2D eigenvalue weighted by Crippen LogP contribution is -2.40. The van der Waals surface area contributed by atoms with Crippen LogP contribution in [0, 0.1) is 0 Å². The Morgan fingerprint density at radius 1 is 1.00 bits per heavy atom. The van der Waals surface area contributed by atoms with Crippen LogP contribution in [0.2, 0.25) is 0 Å². The summed E-state index contributed by atoms with van der Waals surface area (Å²) in [6, 6.07) is 11.9. The molecule has 0 unspecified atom stereocenters. The molecule has 0 bridgehead atoms. The largest absolute Gasteiger partial charge is 0.355 e. The Bertz CT molecular complexity index is 724. The Morgan fingerprint density at radius 2 is 1.67 bits per heavy atom. The molecule has 0 atom stereocenters. The highest BCUT2D eigenvalue weighted by atomic mass is 16.2. The van der Waals surface area contributed by atoms with E-state index in [4.69, 9.17) is 0 Å². The van der Waals surface area contributed by atoms with Crippen molar-refractivity contribution in [2.75, 3.05) is 5.32 Å². The van der Waals surface area contributed by atoms with E-state index in [1.54, 1.807) is 12.3 Å². The number of pyridine rings is 1. The molecule has 1 heterocycles. The van der Waals surface area contributed by atoms with Crippen molar-refractivity contribution in [1.82, 2.24) is 10.3 Å². The first-order valence-corrected chi connectivity index (χ1v) is 8.21. The summed E-state index contributed by atoms with van der Waals surface area (Å²) in [5.74, 6) is -0.171. The Hall–Kier alpha value is -2.36. The van der Waals surface area contributed by atoms with Crippen LogP contribution in [0.4, 0.5) is 11.4 Å². The minimum atomic E-state index is -0.291. The Labute approximate surface area is 144 Å². The third-order valence-corrected chi connectivity index (χ3v) is 3.50. The van der Waals surface area contributed by atoms with Crippen molar-refractivity contribution in [3.8, 4) is 0 Å². The van der Waals surface area contributed by atoms with E-state index in [9.17, 15) is 4.79 Å². The molecule has 1 amide bonds. The van der Waals surface area contributed by atoms with Crippen LogP contribution in [0.25, 0.3) is 0 Å². The van der Waals surface area contributed by atoms with Crippen molar-refractivity contribution in [2.24, 2.45) is 0 Å². The lowest BCUT2D eigenvalue weighted by Gasteiger charge is -2.23. The fourth-order valence-electron chi connectivity index (χ4n) is 2.44. The summed E-state index contributed by atoms with van der Waals surface area (Å²) in [6.07, 6.45) is 1.65. The predicted octanol–water partition coefficient (Wildman–Crippen LogP) is 4.65. The number of carbonyl (C=O) groups is 1. The van der Waals surface area contributed by atoms with E-state index in [1.807, 2.05) is 39.0 Å². The Balaban J connectivity index is 2.27. The van der Waals surface area contributed by atoms with Gasteiger partial charge in [-0.2, -0.15) is 0 Å². The van der Waals surface area contributed by atoms with Gasteiger partial charge < -0.3 is 10.6 Å². The van der Waals surface area contributed by atoms with Crippen molar-refractivity contribution in [3.63, 3.8) is 0 Å². The number of benzene rings is 1. The molecule has 2 aromatic rings. The number of rotatable bonds is 3. The maximum atomic E-state index is 12.3. The van der Waals surface area contributed by atoms with Crippen molar-refractivity contribution < 1.29 is 4.79 Å². The van der Waals surface area contributed by atoms with Gasteiger partial charge in [-0.3, -0.25) is 9.78 Å². The molecule has 0 radical (unpaired) electrons. The molecule has 0 spiro atoms. The van der Waals surface area contributed by atoms with Crippen LogP contribution in [-0.2, 0) is 5.41 Å². The van der Waals surface area contributed by atoms with Crippen LogP contribution >= 0.6 is 0 Å². The van der Waals surface area contributed by atoms with Crippen LogP contribution in [0.15, 0.2) is 42.6 Å². The zero-order chi connectivity index (χ0) is 18.0. The summed E-state index contributed by atoms with van der Waals surface area (Å²) in [4.78, 5) is 16.5. The molecule has 24 heavy (non-hydrogen) atoms. The molecular formula is C20H27N3O. The summed E-state index contributed by atoms with van der Waals surface area (Å²) in [7, 11) is 0. The average molecular weight is 325 g/mol. The number of anilines is 2. The third-order valence-electron chi connectivity index (χ3n) is 3.50. The second-order valence-corrected chi connectivity index (χ2v) is 8.05. The topological polar surface area (TPSA) is 54.0 Å². The molecule has 0 saturated carbocycles. The number of hydrogen-bond acceptors (Lipinski definition) is 3. The van der Waals surface area contributed by atoms with Crippen molar-refractivity contribution in [3.05, 3.63) is 53.9 Å². The molecule has 0 aliphatic heterocycles. The quantitative estimate of drug-likeness (QED) is 0.863. The normalized spacial score (nSPS) is 11.9. The lowest BCUT2D eigenvalue weighted by atomic mass is 9.86. The SMILES string of the molecule is CC(C)(C)NC(=O)c1cc(Nc2ccccc2C(C)(C)C)ccn1. The minimum absolute atomic E-state index is 0.0308. The number of aromatic nitrogens is 1. The molecule has 1 aromatic heterocycles. The van der Waals surface area contributed by atoms with Gasteiger partial charge in [0.2, 0.25) is 0 Å². The first-order valence-electron chi connectivity index (χ1n) is 8.21. The van der Waals surface area contributed by atoms with E-state index in [1.165, 1.54) is 5.56 Å². The van der Waals surface area contributed by atoms with Gasteiger partial charge in [0, 0.05) is 23.1 Å². The van der Waals surface area contributed by atoms with Crippen LogP contribution in [0.5, 0.6) is 0 Å². The Kier molecular flexibility index (Phi) is 4.97. The summed E-state index contributed by atoms with van der Waals surface area (Å²) >= 11 is 0. The van der Waals surface area contributed by atoms with E-state index in [-0.39, 0.29) is 16.9 Å². The van der Waals surface area contributed by atoms with Gasteiger partial charge in [0.15, 0.2) is 0 Å². The zero-order valence-electron chi connectivity index (χ0n) is 15.4. The fraction of sp³-hybridized carbons (Fsp3) is 0.400. The van der Waals surface area contributed by atoms with Gasteiger partial charge in [-0.1, -0.05) is 39.0 Å². The highest BCUT2D eigenvalue weighted by Gasteiger charge is 2.19. The van der Waals surface area contributed by atoms with E-state index in [0.29, 0.717) is 5.69 Å². The van der Waals surface area contributed by atoms with E-state index >= 15 is 0 Å². The fourth-order valence-corrected chi connectivity index (χ4v) is 2.44. The van der Waals surface area contributed by atoms with Crippen LogP contribution in [-0.4, -0.2) is 16.4 Å². The van der Waals surface area contributed by atoms with Crippen molar-refractivity contribution in [1.29, 1.82) is 0 Å². The zero-order valence-corrected chi connectivity index (χ0v) is 15.4. The second-order valence-electron chi connectivity index (χ2n) is 8.05. The predicted molar refractivity (Wildman–Crippen MR) is 99.9 cm³/mol. The molecule has 128 valence electrons. The lowest BCUT2D eigenvalue weighted by molar-refractivity contribution is 0.0914. The third kappa shape index (κ3) is 4.82. The van der Waals surface area contributed by atoms with Gasteiger partial charge in [-0.05, 0) is 49.9 Å². The first kappa shape index (κ1) is 18.0. The minimum Gasteiger partial charge on any atom is -0.355 e. The number of amides is 1. The standard InChI is InChI=1S/C20H27N3O/c1-19(2,3)15-9-7-8-10-16(15)22-14-11-12-21-17(13-14)18(24)23-20(4,5)6/h7-13H,1-6H3,(H,21,22)(H,23,24). The van der Waals surface area contributed by atoms with Gasteiger partial charge in [-0.15, -0.1) is 0 Å². The molecule has 4 heteroatoms. The van der Waals surface area contributed by atoms with E-state index < -0.39 is 0 Å². The average Bonchev–Trinajstić information content (AvgIpc) is 2.45. The van der Waals surface area contributed by atoms with E-state index in [0.717, 1.165) is 11.4 Å². The first-order chi connectivity index (χ1) is 11.1. The summed E-state index contributed by atoms with van der Waals surface area (Å²) in [6.45, 7) is 12.4. The molecule has 0 aliphatic rings. The highest BCUT2D eigenvalue weighted by Crippen LogP contribution is 2.31. The molecule has 0 aliphatic carbocycles. The van der Waals surface area contributed by atoms with E-state index in [2.05, 4.69) is 48.5 Å². The van der Waals surface area contributed by atoms with Gasteiger partial charge >= 0.3 is 0 Å². The van der Waals surface area contributed by atoms with Crippen molar-refractivity contribution in [2.45, 2.75) is 52.5 Å². The molecule has 4 nitrogen and oxygen atoms in total. The summed E-state index contributed by atoms with van der Waals surface area (Å²) in [5.41, 5.74) is 3.26. The molecule has 0 saturated heterocycles. The second kappa shape index (κ2) is 6.63. The molecule has 2 N–H and O–H groups in total. The number of carbonyl (C=O) groups excluding carboxylic acids is 1. The van der Waals surface area contributed by atoms with Gasteiger partial charge in [-0.25, -0.2) is 0 Å². The van der Waals surface area contributed by atoms with Crippen LogP contribution in [0.1, 0.15) is 57.6 Å². The molecular weight excluding hydrogens is 298 g/mol. The number of nitrogens with zero attached hydrogens (tertiary/aromatic N) is 1. The van der Waals surface area contributed by atoms with Crippen LogP contribution in [0.3, 0.4) is 0 Å². The maximum absolute atomic E-state index is 12.3. The van der Waals surface area contributed by atoms with Gasteiger partial charge in [0.25, 0.3) is 5.91 Å².